The molecule has 2 aromatic heterocycles. The molecule has 4 N–H and O–H groups in total. The fraction of sp³-hybridized carbons (Fsp3) is 0.0769. The summed E-state index contributed by atoms with van der Waals surface area (Å²) < 4.78 is 0. The van der Waals surface area contributed by atoms with E-state index in [2.05, 4.69) is 15.3 Å². The average molecular weight is 438 g/mol. The summed E-state index contributed by atoms with van der Waals surface area (Å²) in [6.45, 7) is 0. The molecule has 0 fully saturated rings. The Kier molecular flexibility index (Phi) is 6.40. The molecule has 4 aromatic rings. The van der Waals surface area contributed by atoms with Crippen LogP contribution in [0.2, 0.25) is 0 Å². The lowest BCUT2D eigenvalue weighted by Gasteiger charge is -2.17. The largest absolute Gasteiger partial charge is 0.363 e. The van der Waals surface area contributed by atoms with Gasteiger partial charge in [-0.1, -0.05) is 60.7 Å². The molecule has 0 saturated heterocycles. The number of carbonyl (C=O) groups excluding carboxylic acids is 3. The molecule has 2 amide bonds. The van der Waals surface area contributed by atoms with E-state index in [-0.39, 0.29) is 12.0 Å². The Bertz CT molecular complexity index is 1280. The summed E-state index contributed by atoms with van der Waals surface area (Å²) in [6, 6.07) is 23.0. The normalized spacial score (nSPS) is 11.5. The number of nitrogens with one attached hydrogen (secondary N) is 2. The number of benzene rings is 2. The number of nitrogens with zero attached hydrogens (tertiary/aromatic N) is 1. The van der Waals surface area contributed by atoms with Gasteiger partial charge in [-0.3, -0.25) is 19.4 Å². The fourth-order valence-electron chi connectivity index (χ4n) is 3.60. The van der Waals surface area contributed by atoms with E-state index in [1.165, 1.54) is 0 Å². The van der Waals surface area contributed by atoms with Crippen LogP contribution in [-0.2, 0) is 16.0 Å². The van der Waals surface area contributed by atoms with Crippen molar-refractivity contribution in [1.29, 1.82) is 0 Å². The number of hydrogen-bond acceptors (Lipinski definition) is 4. The highest BCUT2D eigenvalue weighted by molar-refractivity contribution is 6.38. The third-order valence-corrected chi connectivity index (χ3v) is 5.24. The maximum absolute atomic E-state index is 13.2. The lowest BCUT2D eigenvalue weighted by atomic mass is 10.0. The molecule has 1 unspecified atom stereocenters. The van der Waals surface area contributed by atoms with Crippen LogP contribution in [0.25, 0.3) is 22.5 Å². The first-order valence-corrected chi connectivity index (χ1v) is 10.4. The summed E-state index contributed by atoms with van der Waals surface area (Å²) in [6.07, 6.45) is 3.58. The van der Waals surface area contributed by atoms with Crippen LogP contribution in [0.15, 0.2) is 91.3 Å². The zero-order valence-corrected chi connectivity index (χ0v) is 17.7. The number of aromatic amines is 1. The van der Waals surface area contributed by atoms with Crippen molar-refractivity contribution in [3.05, 3.63) is 102 Å². The van der Waals surface area contributed by atoms with Crippen LogP contribution in [-0.4, -0.2) is 33.6 Å². The van der Waals surface area contributed by atoms with Gasteiger partial charge >= 0.3 is 0 Å². The van der Waals surface area contributed by atoms with Crippen LogP contribution in [0.5, 0.6) is 0 Å². The van der Waals surface area contributed by atoms with E-state index in [1.807, 2.05) is 72.9 Å². The summed E-state index contributed by atoms with van der Waals surface area (Å²) in [5, 5.41) is 2.67. The summed E-state index contributed by atoms with van der Waals surface area (Å²) >= 11 is 0. The van der Waals surface area contributed by atoms with Gasteiger partial charge in [0, 0.05) is 18.8 Å². The molecule has 164 valence electrons. The van der Waals surface area contributed by atoms with Crippen LogP contribution in [0.1, 0.15) is 15.9 Å². The Morgan fingerprint density at radius 1 is 0.909 bits per heavy atom. The topological polar surface area (TPSA) is 118 Å². The molecule has 1 atom stereocenters. The van der Waals surface area contributed by atoms with Crippen LogP contribution in [0, 0.1) is 0 Å². The maximum atomic E-state index is 13.2. The number of carbonyl (C=O) groups is 3. The molecule has 2 aromatic carbocycles. The zero-order valence-electron chi connectivity index (χ0n) is 17.7. The lowest BCUT2D eigenvalue weighted by Crippen LogP contribution is -2.47. The lowest BCUT2D eigenvalue weighted by molar-refractivity contribution is -0.137. The van der Waals surface area contributed by atoms with Crippen LogP contribution in [0.3, 0.4) is 0 Å². The minimum absolute atomic E-state index is 0.143. The molecule has 0 bridgehead atoms. The number of nitrogens with two attached hydrogens (primary N) is 1. The minimum Gasteiger partial charge on any atom is -0.363 e. The molecule has 0 saturated carbocycles. The van der Waals surface area contributed by atoms with Gasteiger partial charge in [-0.05, 0) is 34.9 Å². The van der Waals surface area contributed by atoms with Gasteiger partial charge in [0.15, 0.2) is 0 Å². The third-order valence-electron chi connectivity index (χ3n) is 5.24. The van der Waals surface area contributed by atoms with Gasteiger partial charge in [0.1, 0.15) is 6.04 Å². The Morgan fingerprint density at radius 3 is 2.30 bits per heavy atom. The Balaban J connectivity index is 1.61. The standard InChI is InChI=1S/C26H22N4O3/c27-25(32)24(31)22(14-17-8-3-1-4-9-17)30-26(33)20-12-7-13-28-23(20)21-15-19(16-29-21)18-10-5-2-6-11-18/h1-13,15-16,22,29H,14H2,(H2,27,32)(H,30,33). The van der Waals surface area contributed by atoms with Gasteiger partial charge in [0.25, 0.3) is 11.8 Å². The number of H-pyrrole nitrogens is 1. The predicted octanol–water partition coefficient (Wildman–Crippen LogP) is 3.14. The van der Waals surface area contributed by atoms with E-state index in [0.717, 1.165) is 16.7 Å². The first-order chi connectivity index (χ1) is 16.0. The molecule has 0 aliphatic rings. The van der Waals surface area contributed by atoms with E-state index >= 15 is 0 Å². The Morgan fingerprint density at radius 2 is 1.61 bits per heavy atom. The summed E-state index contributed by atoms with van der Waals surface area (Å²) in [5.74, 6) is -2.48. The molecule has 0 spiro atoms. The summed E-state index contributed by atoms with van der Waals surface area (Å²) in [4.78, 5) is 44.7. The number of hydrogen-bond donors (Lipinski definition) is 3. The summed E-state index contributed by atoms with van der Waals surface area (Å²) in [5.41, 5.74) is 9.35. The SMILES string of the molecule is NC(=O)C(=O)C(Cc1ccccc1)NC(=O)c1cccnc1-c1cc(-c2ccccc2)c[nH]1. The number of amides is 2. The molecule has 0 aliphatic carbocycles. The van der Waals surface area contributed by atoms with Gasteiger partial charge in [-0.15, -0.1) is 0 Å². The Hall–Kier alpha value is -4.52. The Labute approximate surface area is 190 Å². The van der Waals surface area contributed by atoms with E-state index in [4.69, 9.17) is 5.73 Å². The highest BCUT2D eigenvalue weighted by Crippen LogP contribution is 2.26. The van der Waals surface area contributed by atoms with Crippen molar-refractivity contribution in [2.75, 3.05) is 0 Å². The number of ketones is 1. The molecule has 7 nitrogen and oxygen atoms in total. The second-order valence-electron chi connectivity index (χ2n) is 7.51. The highest BCUT2D eigenvalue weighted by Gasteiger charge is 2.27. The van der Waals surface area contributed by atoms with Crippen LogP contribution < -0.4 is 11.1 Å². The van der Waals surface area contributed by atoms with Gasteiger partial charge in [-0.25, -0.2) is 0 Å². The summed E-state index contributed by atoms with van der Waals surface area (Å²) in [7, 11) is 0. The van der Waals surface area contributed by atoms with Gasteiger partial charge in [-0.2, -0.15) is 0 Å². The quantitative estimate of drug-likeness (QED) is 0.366. The van der Waals surface area contributed by atoms with Crippen molar-refractivity contribution in [3.63, 3.8) is 0 Å². The number of primary amides is 1. The smallest absolute Gasteiger partial charge is 0.287 e. The van der Waals surface area contributed by atoms with Crippen LogP contribution in [0.4, 0.5) is 0 Å². The number of rotatable bonds is 8. The second-order valence-corrected chi connectivity index (χ2v) is 7.51. The van der Waals surface area contributed by atoms with Gasteiger partial charge < -0.3 is 16.0 Å². The van der Waals surface area contributed by atoms with Crippen molar-refractivity contribution >= 4 is 17.6 Å². The zero-order chi connectivity index (χ0) is 23.2. The van der Waals surface area contributed by atoms with Gasteiger partial charge in [0.2, 0.25) is 5.78 Å². The minimum atomic E-state index is -1.10. The second kappa shape index (κ2) is 9.74. The molecule has 2 heterocycles. The molecular weight excluding hydrogens is 416 g/mol. The predicted molar refractivity (Wildman–Crippen MR) is 125 cm³/mol. The van der Waals surface area contributed by atoms with Crippen molar-refractivity contribution in [1.82, 2.24) is 15.3 Å². The van der Waals surface area contributed by atoms with E-state index in [9.17, 15) is 14.4 Å². The van der Waals surface area contributed by atoms with Crippen molar-refractivity contribution in [3.8, 4) is 22.5 Å². The molecule has 7 heteroatoms. The highest BCUT2D eigenvalue weighted by atomic mass is 16.2. The van der Waals surface area contributed by atoms with E-state index in [1.54, 1.807) is 18.3 Å². The first kappa shape index (κ1) is 21.7. The fourth-order valence-corrected chi connectivity index (χ4v) is 3.60. The van der Waals surface area contributed by atoms with E-state index < -0.39 is 23.6 Å². The molecule has 4 rings (SSSR count). The monoisotopic (exact) mass is 438 g/mol. The maximum Gasteiger partial charge on any atom is 0.287 e. The molecule has 0 aliphatic heterocycles. The molecule has 0 radical (unpaired) electrons. The number of Topliss-reactive ketones (excluding diaryl/α,β-unsaturated/α-hetero) is 1. The van der Waals surface area contributed by atoms with Crippen molar-refractivity contribution < 1.29 is 14.4 Å². The van der Waals surface area contributed by atoms with Crippen LogP contribution >= 0.6 is 0 Å². The number of aromatic nitrogens is 2. The van der Waals surface area contributed by atoms with Crippen molar-refractivity contribution in [2.45, 2.75) is 12.5 Å². The van der Waals surface area contributed by atoms with E-state index in [0.29, 0.717) is 11.4 Å². The average Bonchev–Trinajstić information content (AvgIpc) is 3.34. The molecule has 33 heavy (non-hydrogen) atoms. The molecular formula is C26H22N4O3. The van der Waals surface area contributed by atoms with Crippen molar-refractivity contribution in [2.24, 2.45) is 5.73 Å². The third kappa shape index (κ3) is 5.04. The first-order valence-electron chi connectivity index (χ1n) is 10.4. The number of pyridine rings is 1. The van der Waals surface area contributed by atoms with Gasteiger partial charge in [0.05, 0.1) is 17.0 Å².